The van der Waals surface area contributed by atoms with Crippen molar-refractivity contribution >= 4 is 18.3 Å². The molecule has 1 atom stereocenters. The van der Waals surface area contributed by atoms with E-state index in [1.165, 1.54) is 0 Å². The molecule has 0 saturated heterocycles. The molecule has 1 unspecified atom stereocenters. The fourth-order valence-electron chi connectivity index (χ4n) is 2.25. The number of nitrogens with one attached hydrogen (secondary N) is 1. The third kappa shape index (κ3) is 6.60. The van der Waals surface area contributed by atoms with Crippen LogP contribution in [0, 0.1) is 0 Å². The summed E-state index contributed by atoms with van der Waals surface area (Å²) in [5.74, 6) is 0.839. The van der Waals surface area contributed by atoms with Crippen LogP contribution in [0.1, 0.15) is 19.8 Å². The van der Waals surface area contributed by atoms with Gasteiger partial charge in [0.2, 0.25) is 5.91 Å². The molecular formula is C19H25ClN2O2. The predicted octanol–water partition coefficient (Wildman–Crippen LogP) is 3.40. The summed E-state index contributed by atoms with van der Waals surface area (Å²) in [7, 11) is 0. The van der Waals surface area contributed by atoms with Crippen molar-refractivity contribution in [2.75, 3.05) is 13.2 Å². The number of benzene rings is 2. The second-order valence-corrected chi connectivity index (χ2v) is 5.58. The van der Waals surface area contributed by atoms with Gasteiger partial charge in [0.25, 0.3) is 0 Å². The van der Waals surface area contributed by atoms with E-state index in [0.717, 1.165) is 16.9 Å². The molecule has 2 rings (SSSR count). The maximum Gasteiger partial charge on any atom is 0.220 e. The quantitative estimate of drug-likeness (QED) is 0.719. The van der Waals surface area contributed by atoms with Crippen LogP contribution in [0.3, 0.4) is 0 Å². The van der Waals surface area contributed by atoms with Gasteiger partial charge in [-0.15, -0.1) is 12.4 Å². The fraction of sp³-hybridized carbons (Fsp3) is 0.316. The Balaban J connectivity index is 0.00000288. The molecule has 0 bridgehead atoms. The minimum Gasteiger partial charge on any atom is -0.491 e. The van der Waals surface area contributed by atoms with Crippen molar-refractivity contribution in [3.05, 3.63) is 54.6 Å². The molecule has 4 nitrogen and oxygen atoms in total. The molecule has 0 fully saturated rings. The van der Waals surface area contributed by atoms with Gasteiger partial charge >= 0.3 is 0 Å². The molecule has 0 aliphatic carbocycles. The molecule has 5 heteroatoms. The first kappa shape index (κ1) is 20.0. The Kier molecular flexibility index (Phi) is 8.90. The number of amides is 1. The maximum absolute atomic E-state index is 11.6. The number of nitrogens with two attached hydrogens (primary N) is 1. The predicted molar refractivity (Wildman–Crippen MR) is 101 cm³/mol. The average molecular weight is 349 g/mol. The third-order valence-electron chi connectivity index (χ3n) is 3.48. The topological polar surface area (TPSA) is 64.4 Å². The number of para-hydroxylation sites is 1. The van der Waals surface area contributed by atoms with Crippen LogP contribution in [0.4, 0.5) is 0 Å². The summed E-state index contributed by atoms with van der Waals surface area (Å²) in [5, 5.41) is 2.85. The molecule has 0 aromatic heterocycles. The van der Waals surface area contributed by atoms with Crippen LogP contribution in [-0.2, 0) is 4.79 Å². The Bertz CT molecular complexity index is 618. The van der Waals surface area contributed by atoms with E-state index in [9.17, 15) is 4.79 Å². The highest BCUT2D eigenvalue weighted by Gasteiger charge is 2.06. The molecule has 130 valence electrons. The lowest BCUT2D eigenvalue weighted by Crippen LogP contribution is -2.29. The summed E-state index contributed by atoms with van der Waals surface area (Å²) in [6.45, 7) is 2.82. The van der Waals surface area contributed by atoms with Gasteiger partial charge in [-0.05, 0) is 25.0 Å². The molecular weight excluding hydrogens is 324 g/mol. The molecule has 24 heavy (non-hydrogen) atoms. The molecule has 3 N–H and O–H groups in total. The molecule has 1 amide bonds. The average Bonchev–Trinajstić information content (AvgIpc) is 2.58. The maximum atomic E-state index is 11.6. The molecule has 0 spiro atoms. The lowest BCUT2D eigenvalue weighted by molar-refractivity contribution is -0.121. The van der Waals surface area contributed by atoms with Gasteiger partial charge in [0.05, 0.1) is 6.54 Å². The van der Waals surface area contributed by atoms with Gasteiger partial charge in [-0.1, -0.05) is 48.5 Å². The minimum atomic E-state index is 0. The fourth-order valence-corrected chi connectivity index (χ4v) is 2.25. The molecule has 0 radical (unpaired) electrons. The van der Waals surface area contributed by atoms with Crippen molar-refractivity contribution in [3.63, 3.8) is 0 Å². The van der Waals surface area contributed by atoms with E-state index < -0.39 is 0 Å². The monoisotopic (exact) mass is 348 g/mol. The number of hydrogen-bond acceptors (Lipinski definition) is 3. The van der Waals surface area contributed by atoms with Crippen LogP contribution in [0.25, 0.3) is 11.1 Å². The Morgan fingerprint density at radius 3 is 2.50 bits per heavy atom. The van der Waals surface area contributed by atoms with Gasteiger partial charge in [-0.25, -0.2) is 0 Å². The molecule has 2 aromatic rings. The first-order valence-electron chi connectivity index (χ1n) is 7.96. The van der Waals surface area contributed by atoms with E-state index in [-0.39, 0.29) is 24.4 Å². The summed E-state index contributed by atoms with van der Waals surface area (Å²) >= 11 is 0. The summed E-state index contributed by atoms with van der Waals surface area (Å²) in [6, 6.07) is 18.1. The number of carbonyl (C=O) groups excluding carboxylic acids is 1. The molecule has 0 aliphatic heterocycles. The Labute approximate surface area is 149 Å². The zero-order valence-corrected chi connectivity index (χ0v) is 14.7. The number of hydrogen-bond donors (Lipinski definition) is 2. The summed E-state index contributed by atoms with van der Waals surface area (Å²) in [4.78, 5) is 11.6. The Hall–Kier alpha value is -2.04. The molecule has 0 saturated carbocycles. The van der Waals surface area contributed by atoms with Gasteiger partial charge in [0.1, 0.15) is 12.4 Å². The van der Waals surface area contributed by atoms with Crippen LogP contribution in [0.5, 0.6) is 5.75 Å². The smallest absolute Gasteiger partial charge is 0.220 e. The molecule has 0 aliphatic rings. The van der Waals surface area contributed by atoms with Crippen molar-refractivity contribution in [2.24, 2.45) is 5.73 Å². The van der Waals surface area contributed by atoms with Crippen LogP contribution in [0.15, 0.2) is 54.6 Å². The lowest BCUT2D eigenvalue weighted by atomic mass is 10.1. The first-order chi connectivity index (χ1) is 11.2. The summed E-state index contributed by atoms with van der Waals surface area (Å²) in [5.41, 5.74) is 7.81. The minimum absolute atomic E-state index is 0. The largest absolute Gasteiger partial charge is 0.491 e. The van der Waals surface area contributed by atoms with E-state index in [2.05, 4.69) is 17.4 Å². The molecule has 0 heterocycles. The Morgan fingerprint density at radius 1 is 1.12 bits per heavy atom. The van der Waals surface area contributed by atoms with Crippen molar-refractivity contribution in [3.8, 4) is 16.9 Å². The van der Waals surface area contributed by atoms with Crippen molar-refractivity contribution < 1.29 is 9.53 Å². The third-order valence-corrected chi connectivity index (χ3v) is 3.48. The van der Waals surface area contributed by atoms with Gasteiger partial charge < -0.3 is 15.8 Å². The van der Waals surface area contributed by atoms with Gasteiger partial charge in [0, 0.05) is 18.0 Å². The zero-order valence-electron chi connectivity index (χ0n) is 13.9. The van der Waals surface area contributed by atoms with Gasteiger partial charge in [-0.3, -0.25) is 4.79 Å². The Morgan fingerprint density at radius 2 is 1.79 bits per heavy atom. The normalized spacial score (nSPS) is 11.2. The second kappa shape index (κ2) is 10.7. The molecule has 2 aromatic carbocycles. The highest BCUT2D eigenvalue weighted by Crippen LogP contribution is 2.29. The lowest BCUT2D eigenvalue weighted by Gasteiger charge is -2.12. The summed E-state index contributed by atoms with van der Waals surface area (Å²) in [6.07, 6.45) is 1.15. The van der Waals surface area contributed by atoms with Crippen molar-refractivity contribution in [1.82, 2.24) is 5.32 Å². The number of rotatable bonds is 8. The SMILES string of the molecule is CC(N)CCC(=O)NCCOc1ccccc1-c1ccccc1.Cl. The first-order valence-corrected chi connectivity index (χ1v) is 7.96. The number of carbonyl (C=O) groups is 1. The number of ether oxygens (including phenoxy) is 1. The van der Waals surface area contributed by atoms with E-state index in [1.54, 1.807) is 0 Å². The van der Waals surface area contributed by atoms with E-state index in [4.69, 9.17) is 10.5 Å². The standard InChI is InChI=1S/C19H24N2O2.ClH/c1-15(20)11-12-19(22)21-13-14-23-18-10-6-5-9-17(18)16-7-3-2-4-8-16;/h2-10,15H,11-14,20H2,1H3,(H,21,22);1H. The highest BCUT2D eigenvalue weighted by atomic mass is 35.5. The van der Waals surface area contributed by atoms with Gasteiger partial charge in [-0.2, -0.15) is 0 Å². The van der Waals surface area contributed by atoms with E-state index in [0.29, 0.717) is 26.0 Å². The van der Waals surface area contributed by atoms with E-state index >= 15 is 0 Å². The van der Waals surface area contributed by atoms with Crippen LogP contribution in [-0.4, -0.2) is 25.1 Å². The number of halogens is 1. The van der Waals surface area contributed by atoms with Crippen LogP contribution < -0.4 is 15.8 Å². The van der Waals surface area contributed by atoms with Gasteiger partial charge in [0.15, 0.2) is 0 Å². The second-order valence-electron chi connectivity index (χ2n) is 5.58. The zero-order chi connectivity index (χ0) is 16.5. The van der Waals surface area contributed by atoms with Crippen LogP contribution >= 0.6 is 12.4 Å². The summed E-state index contributed by atoms with van der Waals surface area (Å²) < 4.78 is 5.83. The van der Waals surface area contributed by atoms with E-state index in [1.807, 2.05) is 49.4 Å². The van der Waals surface area contributed by atoms with Crippen LogP contribution in [0.2, 0.25) is 0 Å². The van der Waals surface area contributed by atoms with Crippen molar-refractivity contribution in [2.45, 2.75) is 25.8 Å². The van der Waals surface area contributed by atoms with Crippen molar-refractivity contribution in [1.29, 1.82) is 0 Å². The highest BCUT2D eigenvalue weighted by molar-refractivity contribution is 5.85.